The minimum atomic E-state index is -4.68. The van der Waals surface area contributed by atoms with E-state index in [4.69, 9.17) is 14.5 Å². The highest BCUT2D eigenvalue weighted by atomic mass is 31.2. The Morgan fingerprint density at radius 3 is 2.50 bits per heavy atom. The molecule has 1 aromatic carbocycles. The van der Waals surface area contributed by atoms with Crippen LogP contribution in [0.1, 0.15) is 18.7 Å². The smallest absolute Gasteiger partial charge is 0.404 e. The number of phosphoric ester groups is 1. The first kappa shape index (κ1) is 20.4. The number of nitrogens with one attached hydrogen (secondary N) is 1. The van der Waals surface area contributed by atoms with Crippen LogP contribution in [0.15, 0.2) is 46.1 Å². The second-order valence-electron chi connectivity index (χ2n) is 6.57. The van der Waals surface area contributed by atoms with Gasteiger partial charge in [0.25, 0.3) is 5.56 Å². The molecule has 12 heteroatoms. The monoisotopic (exact) mass is 416 g/mol. The lowest BCUT2D eigenvalue weighted by molar-refractivity contribution is -0.0503. The Kier molecular flexibility index (Phi) is 5.30. The molecule has 0 saturated carbocycles. The second kappa shape index (κ2) is 7.26. The highest BCUT2D eigenvalue weighted by Crippen LogP contribution is 2.42. The van der Waals surface area contributed by atoms with E-state index in [0.717, 1.165) is 23.8 Å². The molecule has 1 aromatic heterocycles. The average molecular weight is 416 g/mol. The SMILES string of the molecule is C[C@@]1(F)[C@H](O)[C@@H](Cc2ccc(OP(=O)(O)O)cc2)O[C@H]1n1ccc(=O)[nH]c1=O. The summed E-state index contributed by atoms with van der Waals surface area (Å²) in [5.41, 5.74) is -3.24. The van der Waals surface area contributed by atoms with E-state index in [1.165, 1.54) is 24.3 Å². The predicted molar refractivity (Wildman–Crippen MR) is 93.6 cm³/mol. The third-order valence-electron chi connectivity index (χ3n) is 4.41. The van der Waals surface area contributed by atoms with Crippen molar-refractivity contribution in [3.05, 3.63) is 62.9 Å². The van der Waals surface area contributed by atoms with Crippen molar-refractivity contribution in [2.24, 2.45) is 0 Å². The standard InChI is InChI=1S/C16H18FN2O8P/c1-16(17)13(21)11(26-14(16)19-7-6-12(20)18-15(19)22)8-9-2-4-10(5-3-9)27-28(23,24)25/h2-7,11,13-14,21H,8H2,1H3,(H,18,20,22)(H2,23,24,25)/t11-,13-,14-,16-/m1/s1. The van der Waals surface area contributed by atoms with Crippen LogP contribution in [0.2, 0.25) is 0 Å². The molecular formula is C16H18FN2O8P. The molecule has 3 rings (SSSR count). The van der Waals surface area contributed by atoms with Crippen LogP contribution >= 0.6 is 7.82 Å². The van der Waals surface area contributed by atoms with E-state index >= 15 is 4.39 Å². The number of rotatable bonds is 5. The molecule has 0 unspecified atom stereocenters. The number of aromatic nitrogens is 2. The van der Waals surface area contributed by atoms with Crippen molar-refractivity contribution in [3.63, 3.8) is 0 Å². The van der Waals surface area contributed by atoms with Crippen molar-refractivity contribution in [3.8, 4) is 5.75 Å². The van der Waals surface area contributed by atoms with Gasteiger partial charge in [0, 0.05) is 18.7 Å². The van der Waals surface area contributed by atoms with Gasteiger partial charge in [-0.25, -0.2) is 13.8 Å². The predicted octanol–water partition coefficient (Wildman–Crippen LogP) is 0.237. The first-order valence-corrected chi connectivity index (χ1v) is 9.68. The first-order chi connectivity index (χ1) is 13.0. The Labute approximate surface area is 157 Å². The van der Waals surface area contributed by atoms with Gasteiger partial charge in [0.15, 0.2) is 11.9 Å². The zero-order valence-electron chi connectivity index (χ0n) is 14.6. The lowest BCUT2D eigenvalue weighted by atomic mass is 9.95. The number of aliphatic hydroxyl groups excluding tert-OH is 1. The number of hydrogen-bond acceptors (Lipinski definition) is 6. The fourth-order valence-electron chi connectivity index (χ4n) is 3.05. The van der Waals surface area contributed by atoms with E-state index < -0.39 is 43.2 Å². The lowest BCUT2D eigenvalue weighted by Gasteiger charge is -2.24. The van der Waals surface area contributed by atoms with E-state index in [9.17, 15) is 19.3 Å². The van der Waals surface area contributed by atoms with Gasteiger partial charge in [0.2, 0.25) is 0 Å². The minimum Gasteiger partial charge on any atom is -0.404 e. The lowest BCUT2D eigenvalue weighted by Crippen LogP contribution is -2.43. The van der Waals surface area contributed by atoms with Gasteiger partial charge in [-0.3, -0.25) is 24.1 Å². The van der Waals surface area contributed by atoms with Crippen molar-refractivity contribution in [1.29, 1.82) is 0 Å². The number of aliphatic hydroxyl groups is 1. The number of nitrogens with zero attached hydrogens (tertiary/aromatic N) is 1. The quantitative estimate of drug-likeness (QED) is 0.506. The second-order valence-corrected chi connectivity index (χ2v) is 7.73. The van der Waals surface area contributed by atoms with Gasteiger partial charge < -0.3 is 14.4 Å². The van der Waals surface area contributed by atoms with Gasteiger partial charge in [0.1, 0.15) is 11.9 Å². The summed E-state index contributed by atoms with van der Waals surface area (Å²) in [5.74, 6) is -0.0574. The van der Waals surface area contributed by atoms with Crippen LogP contribution in [0.25, 0.3) is 0 Å². The number of ether oxygens (including phenoxy) is 1. The van der Waals surface area contributed by atoms with Crippen molar-refractivity contribution in [2.75, 3.05) is 0 Å². The molecule has 2 heterocycles. The molecule has 0 aliphatic carbocycles. The molecular weight excluding hydrogens is 398 g/mol. The number of aromatic amines is 1. The molecule has 2 aromatic rings. The maximum Gasteiger partial charge on any atom is 0.524 e. The normalized spacial score (nSPS) is 27.7. The van der Waals surface area contributed by atoms with E-state index in [1.807, 2.05) is 4.98 Å². The molecule has 152 valence electrons. The molecule has 0 radical (unpaired) electrons. The molecule has 28 heavy (non-hydrogen) atoms. The largest absolute Gasteiger partial charge is 0.524 e. The molecule has 4 atom stereocenters. The maximum atomic E-state index is 15.1. The number of halogens is 1. The summed E-state index contributed by atoms with van der Waals surface area (Å²) in [4.78, 5) is 42.7. The fraction of sp³-hybridized carbons (Fsp3) is 0.375. The first-order valence-electron chi connectivity index (χ1n) is 8.15. The maximum absolute atomic E-state index is 15.1. The van der Waals surface area contributed by atoms with Crippen LogP contribution in [0.5, 0.6) is 5.75 Å². The number of alkyl halides is 1. The van der Waals surface area contributed by atoms with Crippen LogP contribution in [-0.4, -0.2) is 42.3 Å². The van der Waals surface area contributed by atoms with Gasteiger partial charge in [-0.2, -0.15) is 0 Å². The highest BCUT2D eigenvalue weighted by Gasteiger charge is 2.55. The third kappa shape index (κ3) is 4.23. The number of H-pyrrole nitrogens is 1. The minimum absolute atomic E-state index is 0.0574. The van der Waals surface area contributed by atoms with Crippen molar-refractivity contribution in [2.45, 2.75) is 37.4 Å². The van der Waals surface area contributed by atoms with E-state index in [0.29, 0.717) is 5.56 Å². The van der Waals surface area contributed by atoms with E-state index in [-0.39, 0.29) is 12.2 Å². The summed E-state index contributed by atoms with van der Waals surface area (Å²) in [7, 11) is -4.68. The summed E-state index contributed by atoms with van der Waals surface area (Å²) in [6.45, 7) is 1.09. The molecule has 0 amide bonds. The molecule has 1 aliphatic heterocycles. The molecule has 1 fully saturated rings. The van der Waals surface area contributed by atoms with Crippen molar-refractivity contribution >= 4 is 7.82 Å². The number of benzene rings is 1. The van der Waals surface area contributed by atoms with Crippen LogP contribution < -0.4 is 15.8 Å². The average Bonchev–Trinajstić information content (AvgIpc) is 2.79. The highest BCUT2D eigenvalue weighted by molar-refractivity contribution is 7.46. The zero-order chi connectivity index (χ0) is 20.7. The number of phosphoric acid groups is 1. The summed E-state index contributed by atoms with van der Waals surface area (Å²) in [6, 6.07) is 6.63. The molecule has 1 saturated heterocycles. The fourth-order valence-corrected chi connectivity index (χ4v) is 3.44. The van der Waals surface area contributed by atoms with E-state index in [2.05, 4.69) is 4.52 Å². The Bertz CT molecular complexity index is 1010. The summed E-state index contributed by atoms with van der Waals surface area (Å²) in [6.07, 6.45) is -2.87. The molecule has 10 nitrogen and oxygen atoms in total. The molecule has 0 bridgehead atoms. The van der Waals surface area contributed by atoms with Crippen LogP contribution in [0.3, 0.4) is 0 Å². The Hall–Kier alpha value is -2.30. The van der Waals surface area contributed by atoms with E-state index in [1.54, 1.807) is 0 Å². The van der Waals surface area contributed by atoms with Gasteiger partial charge in [0.05, 0.1) is 6.10 Å². The molecule has 0 spiro atoms. The Balaban J connectivity index is 1.79. The van der Waals surface area contributed by atoms with Crippen LogP contribution in [0, 0.1) is 0 Å². The van der Waals surface area contributed by atoms with Crippen molar-refractivity contribution < 1.29 is 33.1 Å². The van der Waals surface area contributed by atoms with Crippen LogP contribution in [-0.2, 0) is 15.7 Å². The summed E-state index contributed by atoms with van der Waals surface area (Å²) in [5, 5.41) is 10.3. The number of hydrogen-bond donors (Lipinski definition) is 4. The van der Waals surface area contributed by atoms with Gasteiger partial charge in [-0.15, -0.1) is 0 Å². The zero-order valence-corrected chi connectivity index (χ0v) is 15.5. The molecule has 1 aliphatic rings. The van der Waals surface area contributed by atoms with Crippen molar-refractivity contribution in [1.82, 2.24) is 9.55 Å². The Morgan fingerprint density at radius 2 is 1.93 bits per heavy atom. The molecule has 4 N–H and O–H groups in total. The van der Waals surface area contributed by atoms with Crippen LogP contribution in [0.4, 0.5) is 4.39 Å². The Morgan fingerprint density at radius 1 is 1.29 bits per heavy atom. The van der Waals surface area contributed by atoms with Gasteiger partial charge in [-0.05, 0) is 24.6 Å². The summed E-state index contributed by atoms with van der Waals surface area (Å²) >= 11 is 0. The summed E-state index contributed by atoms with van der Waals surface area (Å²) < 4.78 is 36.8. The topological polar surface area (TPSA) is 151 Å². The van der Waals surface area contributed by atoms with Gasteiger partial charge in [-0.1, -0.05) is 12.1 Å². The van der Waals surface area contributed by atoms with Gasteiger partial charge >= 0.3 is 13.5 Å². The third-order valence-corrected chi connectivity index (χ3v) is 4.85.